The molecular weight excluding hydrogens is 228 g/mol. The van der Waals surface area contributed by atoms with Crippen LogP contribution in [0.2, 0.25) is 0 Å². The summed E-state index contributed by atoms with van der Waals surface area (Å²) in [4.78, 5) is 4.12. The van der Waals surface area contributed by atoms with Gasteiger partial charge in [-0.05, 0) is 19.0 Å². The average Bonchev–Trinajstić information content (AvgIpc) is 2.41. The highest BCUT2D eigenvalue weighted by Crippen LogP contribution is 2.16. The zero-order valence-electron chi connectivity index (χ0n) is 11.4. The van der Waals surface area contributed by atoms with Gasteiger partial charge in [0.05, 0.1) is 6.61 Å². The summed E-state index contributed by atoms with van der Waals surface area (Å²) in [6.07, 6.45) is 5.87. The van der Waals surface area contributed by atoms with E-state index in [2.05, 4.69) is 24.1 Å². The smallest absolute Gasteiger partial charge is 0.126 e. The molecule has 0 saturated carbocycles. The van der Waals surface area contributed by atoms with Crippen LogP contribution in [-0.4, -0.2) is 31.3 Å². The average molecular weight is 252 g/mol. The van der Waals surface area contributed by atoms with Gasteiger partial charge in [-0.1, -0.05) is 20.3 Å². The van der Waals surface area contributed by atoms with Gasteiger partial charge < -0.3 is 14.8 Å². The van der Waals surface area contributed by atoms with E-state index < -0.39 is 0 Å². The van der Waals surface area contributed by atoms with Crippen molar-refractivity contribution in [2.75, 3.05) is 26.4 Å². The SMILES string of the molecule is CCCCOCCOc1ccncc1CNCC. The van der Waals surface area contributed by atoms with E-state index in [4.69, 9.17) is 9.47 Å². The summed E-state index contributed by atoms with van der Waals surface area (Å²) in [6.45, 7) is 8.02. The molecular formula is C14H24N2O2. The first kappa shape index (κ1) is 14.9. The quantitative estimate of drug-likeness (QED) is 0.649. The molecule has 0 aliphatic heterocycles. The molecule has 1 aromatic heterocycles. The van der Waals surface area contributed by atoms with Crippen LogP contribution in [0.25, 0.3) is 0 Å². The topological polar surface area (TPSA) is 43.4 Å². The Kier molecular flexibility index (Phi) is 8.17. The summed E-state index contributed by atoms with van der Waals surface area (Å²) in [7, 11) is 0. The maximum absolute atomic E-state index is 5.71. The molecule has 4 heteroatoms. The van der Waals surface area contributed by atoms with E-state index in [0.717, 1.165) is 43.9 Å². The lowest BCUT2D eigenvalue weighted by Crippen LogP contribution is -2.14. The van der Waals surface area contributed by atoms with Gasteiger partial charge in [0.1, 0.15) is 12.4 Å². The number of nitrogens with one attached hydrogen (secondary N) is 1. The van der Waals surface area contributed by atoms with Crippen molar-refractivity contribution in [3.63, 3.8) is 0 Å². The molecule has 0 aromatic carbocycles. The van der Waals surface area contributed by atoms with Gasteiger partial charge in [0.15, 0.2) is 0 Å². The summed E-state index contributed by atoms with van der Waals surface area (Å²) < 4.78 is 11.2. The van der Waals surface area contributed by atoms with Crippen LogP contribution < -0.4 is 10.1 Å². The summed E-state index contributed by atoms with van der Waals surface area (Å²) in [5.41, 5.74) is 1.09. The first-order chi connectivity index (χ1) is 8.88. The van der Waals surface area contributed by atoms with Gasteiger partial charge in [-0.2, -0.15) is 0 Å². The Morgan fingerprint density at radius 1 is 1.22 bits per heavy atom. The molecule has 18 heavy (non-hydrogen) atoms. The van der Waals surface area contributed by atoms with Gasteiger partial charge in [-0.3, -0.25) is 4.98 Å². The molecule has 1 aromatic rings. The van der Waals surface area contributed by atoms with Crippen molar-refractivity contribution >= 4 is 0 Å². The van der Waals surface area contributed by atoms with Crippen LogP contribution in [0.1, 0.15) is 32.3 Å². The zero-order chi connectivity index (χ0) is 13.1. The fourth-order valence-corrected chi connectivity index (χ4v) is 1.51. The molecule has 0 fully saturated rings. The Balaban J connectivity index is 2.27. The number of nitrogens with zero attached hydrogens (tertiary/aromatic N) is 1. The number of rotatable bonds is 10. The normalized spacial score (nSPS) is 10.6. The van der Waals surface area contributed by atoms with Crippen molar-refractivity contribution in [3.8, 4) is 5.75 Å². The first-order valence-corrected chi connectivity index (χ1v) is 6.72. The number of pyridine rings is 1. The maximum Gasteiger partial charge on any atom is 0.126 e. The molecule has 0 unspecified atom stereocenters. The van der Waals surface area contributed by atoms with Crippen molar-refractivity contribution < 1.29 is 9.47 Å². The number of hydrogen-bond donors (Lipinski definition) is 1. The van der Waals surface area contributed by atoms with Gasteiger partial charge in [0.2, 0.25) is 0 Å². The van der Waals surface area contributed by atoms with Crippen LogP contribution in [0, 0.1) is 0 Å². The van der Waals surface area contributed by atoms with Crippen molar-refractivity contribution in [1.29, 1.82) is 0 Å². The minimum absolute atomic E-state index is 0.590. The van der Waals surface area contributed by atoms with Crippen molar-refractivity contribution in [2.45, 2.75) is 33.2 Å². The minimum atomic E-state index is 0.590. The Labute approximate surface area is 110 Å². The summed E-state index contributed by atoms with van der Waals surface area (Å²) in [5, 5.41) is 3.27. The predicted octanol–water partition coefficient (Wildman–Crippen LogP) is 2.39. The van der Waals surface area contributed by atoms with Gasteiger partial charge in [0.25, 0.3) is 0 Å². The number of aromatic nitrogens is 1. The van der Waals surface area contributed by atoms with E-state index in [1.807, 2.05) is 12.3 Å². The highest BCUT2D eigenvalue weighted by Gasteiger charge is 2.02. The van der Waals surface area contributed by atoms with Crippen LogP contribution in [0.15, 0.2) is 18.5 Å². The summed E-state index contributed by atoms with van der Waals surface area (Å²) in [6, 6.07) is 1.90. The highest BCUT2D eigenvalue weighted by atomic mass is 16.5. The highest BCUT2D eigenvalue weighted by molar-refractivity contribution is 5.29. The molecule has 0 aliphatic carbocycles. The van der Waals surface area contributed by atoms with Gasteiger partial charge in [-0.25, -0.2) is 0 Å². The molecule has 1 heterocycles. The molecule has 0 bridgehead atoms. The van der Waals surface area contributed by atoms with Crippen molar-refractivity contribution in [1.82, 2.24) is 10.3 Å². The van der Waals surface area contributed by atoms with Crippen LogP contribution in [0.5, 0.6) is 5.75 Å². The Hall–Kier alpha value is -1.13. The van der Waals surface area contributed by atoms with E-state index in [1.165, 1.54) is 0 Å². The molecule has 1 N–H and O–H groups in total. The van der Waals surface area contributed by atoms with E-state index in [1.54, 1.807) is 6.20 Å². The van der Waals surface area contributed by atoms with E-state index >= 15 is 0 Å². The lowest BCUT2D eigenvalue weighted by molar-refractivity contribution is 0.0976. The number of ether oxygens (including phenoxy) is 2. The lowest BCUT2D eigenvalue weighted by atomic mass is 10.2. The first-order valence-electron chi connectivity index (χ1n) is 6.72. The predicted molar refractivity (Wildman–Crippen MR) is 72.8 cm³/mol. The molecule has 4 nitrogen and oxygen atoms in total. The standard InChI is InChI=1S/C14H24N2O2/c1-3-5-8-17-9-10-18-14-6-7-16-12-13(14)11-15-4-2/h6-7,12,15H,3-5,8-11H2,1-2H3. The third-order valence-corrected chi connectivity index (χ3v) is 2.55. The second kappa shape index (κ2) is 9.85. The summed E-state index contributed by atoms with van der Waals surface area (Å²) in [5.74, 6) is 0.894. The van der Waals surface area contributed by atoms with E-state index in [-0.39, 0.29) is 0 Å². The van der Waals surface area contributed by atoms with Crippen molar-refractivity contribution in [3.05, 3.63) is 24.0 Å². The zero-order valence-corrected chi connectivity index (χ0v) is 11.4. The van der Waals surface area contributed by atoms with Gasteiger partial charge in [0, 0.05) is 31.1 Å². The lowest BCUT2D eigenvalue weighted by Gasteiger charge is -2.11. The Morgan fingerprint density at radius 2 is 2.11 bits per heavy atom. The number of hydrogen-bond acceptors (Lipinski definition) is 4. The van der Waals surface area contributed by atoms with E-state index in [9.17, 15) is 0 Å². The molecule has 102 valence electrons. The molecule has 0 spiro atoms. The van der Waals surface area contributed by atoms with Gasteiger partial charge >= 0.3 is 0 Å². The van der Waals surface area contributed by atoms with Crippen LogP contribution in [-0.2, 0) is 11.3 Å². The Bertz CT molecular complexity index is 318. The second-order valence-corrected chi connectivity index (χ2v) is 4.08. The second-order valence-electron chi connectivity index (χ2n) is 4.08. The number of unbranched alkanes of at least 4 members (excludes halogenated alkanes) is 1. The van der Waals surface area contributed by atoms with Crippen LogP contribution >= 0.6 is 0 Å². The molecule has 0 aliphatic rings. The van der Waals surface area contributed by atoms with E-state index in [0.29, 0.717) is 13.2 Å². The largest absolute Gasteiger partial charge is 0.491 e. The summed E-state index contributed by atoms with van der Waals surface area (Å²) >= 11 is 0. The Morgan fingerprint density at radius 3 is 2.89 bits per heavy atom. The molecule has 0 amide bonds. The molecule has 0 saturated heterocycles. The third kappa shape index (κ3) is 5.98. The minimum Gasteiger partial charge on any atom is -0.491 e. The monoisotopic (exact) mass is 252 g/mol. The molecule has 0 radical (unpaired) electrons. The molecule has 1 rings (SSSR count). The fraction of sp³-hybridized carbons (Fsp3) is 0.643. The fourth-order valence-electron chi connectivity index (χ4n) is 1.51. The maximum atomic E-state index is 5.71. The van der Waals surface area contributed by atoms with Gasteiger partial charge in [-0.15, -0.1) is 0 Å². The van der Waals surface area contributed by atoms with Crippen LogP contribution in [0.4, 0.5) is 0 Å². The molecule has 0 atom stereocenters. The van der Waals surface area contributed by atoms with Crippen LogP contribution in [0.3, 0.4) is 0 Å². The third-order valence-electron chi connectivity index (χ3n) is 2.55. The van der Waals surface area contributed by atoms with Crippen molar-refractivity contribution in [2.24, 2.45) is 0 Å².